The van der Waals surface area contributed by atoms with E-state index in [2.05, 4.69) is 27.1 Å². The zero-order valence-corrected chi connectivity index (χ0v) is 22.1. The van der Waals surface area contributed by atoms with E-state index in [9.17, 15) is 9.18 Å². The second-order valence-corrected chi connectivity index (χ2v) is 9.83. The highest BCUT2D eigenvalue weighted by Crippen LogP contribution is 2.35. The summed E-state index contributed by atoms with van der Waals surface area (Å²) in [5.41, 5.74) is 3.94. The average Bonchev–Trinajstić information content (AvgIpc) is 3.32. The third-order valence-electron chi connectivity index (χ3n) is 6.84. The van der Waals surface area contributed by atoms with Crippen LogP contribution >= 0.6 is 0 Å². The van der Waals surface area contributed by atoms with Crippen molar-refractivity contribution in [3.8, 4) is 22.5 Å². The van der Waals surface area contributed by atoms with Crippen LogP contribution in [0.25, 0.3) is 28.0 Å². The number of nitrogens with zero attached hydrogens (tertiary/aromatic N) is 7. The molecule has 4 aromatic rings. The number of fused-ring (bicyclic) bond motifs is 1. The predicted molar refractivity (Wildman–Crippen MR) is 147 cm³/mol. The maximum absolute atomic E-state index is 13.7. The summed E-state index contributed by atoms with van der Waals surface area (Å²) >= 11 is 0. The lowest BCUT2D eigenvalue weighted by atomic mass is 10.0. The summed E-state index contributed by atoms with van der Waals surface area (Å²) in [5.74, 6) is 0.0409. The van der Waals surface area contributed by atoms with Gasteiger partial charge in [-0.3, -0.25) is 4.79 Å². The Kier molecular flexibility index (Phi) is 7.62. The summed E-state index contributed by atoms with van der Waals surface area (Å²) in [5, 5.41) is 8.17. The van der Waals surface area contributed by atoms with Crippen LogP contribution in [0.5, 0.6) is 0 Å². The van der Waals surface area contributed by atoms with Crippen molar-refractivity contribution in [1.29, 1.82) is 0 Å². The van der Waals surface area contributed by atoms with Crippen molar-refractivity contribution in [2.45, 2.75) is 6.42 Å². The van der Waals surface area contributed by atoms with E-state index in [-0.39, 0.29) is 11.7 Å². The molecule has 4 heterocycles. The standard InChI is InChI=1S/C28H33FN8O/c1-34(2)27(38)24-7-4-6-23-25(26(33-37(23)24)20-8-10-21(29)11-9-20)22-12-14-31-28(32-22)30-13-5-15-36-18-16-35(3)17-19-36/h4,6-12,14H,5,13,15-19H2,1-3H3,(H,30,31,32). The fourth-order valence-corrected chi connectivity index (χ4v) is 4.68. The van der Waals surface area contributed by atoms with Gasteiger partial charge in [0.15, 0.2) is 0 Å². The number of hydrogen-bond acceptors (Lipinski definition) is 7. The van der Waals surface area contributed by atoms with E-state index in [1.165, 1.54) is 17.0 Å². The molecule has 1 saturated heterocycles. The van der Waals surface area contributed by atoms with E-state index >= 15 is 0 Å². The molecular weight excluding hydrogens is 483 g/mol. The van der Waals surface area contributed by atoms with E-state index in [1.807, 2.05) is 18.2 Å². The average molecular weight is 517 g/mol. The van der Waals surface area contributed by atoms with Crippen molar-refractivity contribution in [3.05, 3.63) is 66.2 Å². The van der Waals surface area contributed by atoms with E-state index in [1.54, 1.807) is 43.0 Å². The number of piperazine rings is 1. The molecule has 0 saturated carbocycles. The fraction of sp³-hybridized carbons (Fsp3) is 0.357. The molecule has 0 spiro atoms. The number of carbonyl (C=O) groups excluding carboxylic acids is 1. The van der Waals surface area contributed by atoms with Crippen molar-refractivity contribution >= 4 is 17.4 Å². The van der Waals surface area contributed by atoms with Crippen LogP contribution in [0.1, 0.15) is 16.9 Å². The third-order valence-corrected chi connectivity index (χ3v) is 6.84. The highest BCUT2D eigenvalue weighted by atomic mass is 19.1. The maximum atomic E-state index is 13.7. The highest BCUT2D eigenvalue weighted by Gasteiger charge is 2.22. The summed E-state index contributed by atoms with van der Waals surface area (Å²) < 4.78 is 15.4. The Balaban J connectivity index is 1.45. The Hall–Kier alpha value is -3.89. The number of carbonyl (C=O) groups is 1. The Labute approximate surface area is 221 Å². The number of anilines is 1. The van der Waals surface area contributed by atoms with Crippen LogP contribution in [0.3, 0.4) is 0 Å². The first-order valence-corrected chi connectivity index (χ1v) is 12.9. The van der Waals surface area contributed by atoms with Gasteiger partial charge in [0, 0.05) is 58.6 Å². The molecule has 1 aliphatic rings. The van der Waals surface area contributed by atoms with Crippen LogP contribution < -0.4 is 5.32 Å². The molecule has 0 atom stereocenters. The van der Waals surface area contributed by atoms with E-state index < -0.39 is 0 Å². The van der Waals surface area contributed by atoms with Gasteiger partial charge in [-0.2, -0.15) is 5.10 Å². The smallest absolute Gasteiger partial charge is 0.272 e. The molecule has 9 nitrogen and oxygen atoms in total. The Morgan fingerprint density at radius 1 is 1.05 bits per heavy atom. The summed E-state index contributed by atoms with van der Waals surface area (Å²) in [6.07, 6.45) is 2.71. The molecule has 198 valence electrons. The zero-order valence-electron chi connectivity index (χ0n) is 22.1. The lowest BCUT2D eigenvalue weighted by Gasteiger charge is -2.32. The van der Waals surface area contributed by atoms with Gasteiger partial charge in [-0.15, -0.1) is 0 Å². The summed E-state index contributed by atoms with van der Waals surface area (Å²) in [4.78, 5) is 28.5. The SMILES string of the molecule is CN1CCN(CCCNc2nccc(-c3c(-c4ccc(F)cc4)nn4c(C(=O)N(C)C)cccc34)n2)CC1. The number of halogens is 1. The second kappa shape index (κ2) is 11.2. The maximum Gasteiger partial charge on any atom is 0.272 e. The van der Waals surface area contributed by atoms with Crippen molar-refractivity contribution in [2.24, 2.45) is 0 Å². The molecule has 1 amide bonds. The van der Waals surface area contributed by atoms with Crippen molar-refractivity contribution < 1.29 is 9.18 Å². The van der Waals surface area contributed by atoms with Crippen molar-refractivity contribution in [3.63, 3.8) is 0 Å². The topological polar surface area (TPSA) is 81.9 Å². The summed E-state index contributed by atoms with van der Waals surface area (Å²) in [6, 6.07) is 13.5. The van der Waals surface area contributed by atoms with Crippen LogP contribution in [0, 0.1) is 5.82 Å². The largest absolute Gasteiger partial charge is 0.354 e. The number of aromatic nitrogens is 4. The minimum absolute atomic E-state index is 0.166. The first-order chi connectivity index (χ1) is 18.4. The third kappa shape index (κ3) is 5.51. The first-order valence-electron chi connectivity index (χ1n) is 12.9. The number of pyridine rings is 1. The highest BCUT2D eigenvalue weighted by molar-refractivity contribution is 5.96. The zero-order chi connectivity index (χ0) is 26.6. The fourth-order valence-electron chi connectivity index (χ4n) is 4.68. The molecule has 1 fully saturated rings. The first kappa shape index (κ1) is 25.7. The van der Waals surface area contributed by atoms with E-state index in [4.69, 9.17) is 10.1 Å². The predicted octanol–water partition coefficient (Wildman–Crippen LogP) is 3.35. The number of rotatable bonds is 8. The quantitative estimate of drug-likeness (QED) is 0.360. The Morgan fingerprint density at radius 2 is 1.82 bits per heavy atom. The molecule has 38 heavy (non-hydrogen) atoms. The number of likely N-dealkylation sites (N-methyl/N-ethyl adjacent to an activating group) is 1. The molecule has 1 aromatic carbocycles. The Morgan fingerprint density at radius 3 is 2.55 bits per heavy atom. The molecule has 1 aliphatic heterocycles. The number of nitrogens with one attached hydrogen (secondary N) is 1. The van der Waals surface area contributed by atoms with Gasteiger partial charge in [0.2, 0.25) is 5.95 Å². The van der Waals surface area contributed by atoms with Crippen LogP contribution in [-0.4, -0.2) is 101 Å². The van der Waals surface area contributed by atoms with E-state index in [0.717, 1.165) is 62.3 Å². The van der Waals surface area contributed by atoms with Gasteiger partial charge in [0.05, 0.1) is 16.8 Å². The molecule has 1 N–H and O–H groups in total. The van der Waals surface area contributed by atoms with Gasteiger partial charge in [-0.1, -0.05) is 6.07 Å². The van der Waals surface area contributed by atoms with Gasteiger partial charge in [-0.05, 0) is 62.5 Å². The van der Waals surface area contributed by atoms with Crippen LogP contribution in [-0.2, 0) is 0 Å². The normalized spacial score (nSPS) is 14.6. The minimum atomic E-state index is -0.326. The molecule has 3 aromatic heterocycles. The van der Waals surface area contributed by atoms with Crippen molar-refractivity contribution in [1.82, 2.24) is 34.3 Å². The lowest BCUT2D eigenvalue weighted by Crippen LogP contribution is -2.44. The number of hydrogen-bond donors (Lipinski definition) is 1. The monoisotopic (exact) mass is 516 g/mol. The van der Waals surface area contributed by atoms with Crippen LogP contribution in [0.2, 0.25) is 0 Å². The van der Waals surface area contributed by atoms with Crippen LogP contribution in [0.15, 0.2) is 54.7 Å². The molecule has 0 radical (unpaired) electrons. The van der Waals surface area contributed by atoms with Crippen molar-refractivity contribution in [2.75, 3.05) is 65.7 Å². The Bertz CT molecular complexity index is 1410. The summed E-state index contributed by atoms with van der Waals surface area (Å²) in [6.45, 7) is 6.21. The number of amides is 1. The van der Waals surface area contributed by atoms with Gasteiger partial charge in [0.25, 0.3) is 5.91 Å². The minimum Gasteiger partial charge on any atom is -0.354 e. The number of benzene rings is 1. The molecule has 10 heteroatoms. The summed E-state index contributed by atoms with van der Waals surface area (Å²) in [7, 11) is 5.58. The molecule has 0 bridgehead atoms. The molecule has 0 unspecified atom stereocenters. The molecule has 5 rings (SSSR count). The van der Waals surface area contributed by atoms with Gasteiger partial charge < -0.3 is 20.0 Å². The second-order valence-electron chi connectivity index (χ2n) is 9.83. The van der Waals surface area contributed by atoms with Crippen LogP contribution in [0.4, 0.5) is 10.3 Å². The lowest BCUT2D eigenvalue weighted by molar-refractivity contribution is 0.0819. The van der Waals surface area contributed by atoms with Gasteiger partial charge in [0.1, 0.15) is 17.2 Å². The molecule has 0 aliphatic carbocycles. The van der Waals surface area contributed by atoms with E-state index in [0.29, 0.717) is 23.0 Å². The molecular formula is C28H33FN8O. The van der Waals surface area contributed by atoms with Gasteiger partial charge >= 0.3 is 0 Å². The van der Waals surface area contributed by atoms with Gasteiger partial charge in [-0.25, -0.2) is 18.9 Å².